The molecule has 3 nitrogen and oxygen atoms in total. The molecule has 0 spiro atoms. The van der Waals surface area contributed by atoms with E-state index in [4.69, 9.17) is 5.11 Å². The van der Waals surface area contributed by atoms with E-state index in [0.29, 0.717) is 25.1 Å². The van der Waals surface area contributed by atoms with Crippen LogP contribution in [0.3, 0.4) is 0 Å². The molecule has 0 fully saturated rings. The molecule has 0 aromatic heterocycles. The van der Waals surface area contributed by atoms with Gasteiger partial charge in [-0.1, -0.05) is 25.7 Å². The number of carbonyl (C=O) groups is 1. The molecule has 4 heteroatoms. The number of aliphatic hydroxyl groups excluding tert-OH is 1. The van der Waals surface area contributed by atoms with E-state index in [1.54, 1.807) is 11.0 Å². The molecule has 1 aromatic carbocycles. The fraction of sp³-hybridized carbons (Fsp3) is 0.471. The van der Waals surface area contributed by atoms with Crippen LogP contribution in [-0.2, 0) is 0 Å². The predicted octanol–water partition coefficient (Wildman–Crippen LogP) is 2.82. The number of halogens is 1. The topological polar surface area (TPSA) is 40.5 Å². The third kappa shape index (κ3) is 5.20. The molecule has 1 aromatic rings. The molecule has 0 radical (unpaired) electrons. The summed E-state index contributed by atoms with van der Waals surface area (Å²) in [4.78, 5) is 14.0. The van der Waals surface area contributed by atoms with Gasteiger partial charge in [0.2, 0.25) is 0 Å². The molecule has 1 amide bonds. The number of carbonyl (C=O) groups excluding carboxylic acids is 1. The van der Waals surface area contributed by atoms with Gasteiger partial charge in [0.15, 0.2) is 0 Å². The summed E-state index contributed by atoms with van der Waals surface area (Å²) in [7, 11) is 0. The van der Waals surface area contributed by atoms with Crippen molar-refractivity contribution in [1.82, 2.24) is 4.90 Å². The van der Waals surface area contributed by atoms with Crippen molar-refractivity contribution in [3.05, 3.63) is 35.1 Å². The second-order valence-corrected chi connectivity index (χ2v) is 4.76. The molecular weight excluding hydrogens is 269 g/mol. The monoisotopic (exact) mass is 291 g/mol. The van der Waals surface area contributed by atoms with E-state index in [1.165, 1.54) is 12.1 Å². The lowest BCUT2D eigenvalue weighted by atomic mass is 10.1. The third-order valence-corrected chi connectivity index (χ3v) is 2.94. The number of nitrogens with zero attached hydrogens (tertiary/aromatic N) is 1. The van der Waals surface area contributed by atoms with Crippen LogP contribution in [0.2, 0.25) is 0 Å². The van der Waals surface area contributed by atoms with Gasteiger partial charge in [0.25, 0.3) is 5.91 Å². The molecule has 0 heterocycles. The summed E-state index contributed by atoms with van der Waals surface area (Å²) >= 11 is 0. The molecule has 0 aliphatic rings. The van der Waals surface area contributed by atoms with Crippen molar-refractivity contribution in [2.75, 3.05) is 19.7 Å². The SMILES string of the molecule is CCCN(CCC)C(=O)c1ccc(C#CCCO)cc1F. The molecule has 21 heavy (non-hydrogen) atoms. The van der Waals surface area contributed by atoms with Gasteiger partial charge < -0.3 is 10.0 Å². The summed E-state index contributed by atoms with van der Waals surface area (Å²) in [5.74, 6) is 4.67. The molecule has 0 unspecified atom stereocenters. The Labute approximate surface area is 125 Å². The van der Waals surface area contributed by atoms with Crippen LogP contribution in [-0.4, -0.2) is 35.6 Å². The van der Waals surface area contributed by atoms with Crippen molar-refractivity contribution in [3.63, 3.8) is 0 Å². The lowest BCUT2D eigenvalue weighted by Gasteiger charge is -2.21. The minimum absolute atomic E-state index is 0.0188. The maximum atomic E-state index is 14.1. The van der Waals surface area contributed by atoms with Crippen molar-refractivity contribution in [2.24, 2.45) is 0 Å². The zero-order valence-corrected chi connectivity index (χ0v) is 12.7. The summed E-state index contributed by atoms with van der Waals surface area (Å²) in [6.07, 6.45) is 2.04. The van der Waals surface area contributed by atoms with E-state index in [1.807, 2.05) is 13.8 Å². The summed E-state index contributed by atoms with van der Waals surface area (Å²) in [6.45, 7) is 5.22. The number of amides is 1. The van der Waals surface area contributed by atoms with Gasteiger partial charge in [0, 0.05) is 25.1 Å². The van der Waals surface area contributed by atoms with Gasteiger partial charge >= 0.3 is 0 Å². The van der Waals surface area contributed by atoms with E-state index < -0.39 is 5.82 Å². The van der Waals surface area contributed by atoms with Crippen LogP contribution in [0, 0.1) is 17.7 Å². The van der Waals surface area contributed by atoms with Crippen molar-refractivity contribution in [1.29, 1.82) is 0 Å². The van der Waals surface area contributed by atoms with Crippen molar-refractivity contribution in [2.45, 2.75) is 33.1 Å². The highest BCUT2D eigenvalue weighted by molar-refractivity contribution is 5.94. The minimum Gasteiger partial charge on any atom is -0.395 e. The molecule has 0 bridgehead atoms. The normalized spacial score (nSPS) is 9.90. The number of hydrogen-bond donors (Lipinski definition) is 1. The van der Waals surface area contributed by atoms with Crippen molar-refractivity contribution >= 4 is 5.91 Å². The first-order valence-corrected chi connectivity index (χ1v) is 7.32. The van der Waals surface area contributed by atoms with Gasteiger partial charge in [-0.15, -0.1) is 0 Å². The van der Waals surface area contributed by atoms with Crippen LogP contribution in [0.5, 0.6) is 0 Å². The molecular formula is C17H22FNO2. The molecule has 1 rings (SSSR count). The van der Waals surface area contributed by atoms with Gasteiger partial charge in [-0.25, -0.2) is 4.39 Å². The smallest absolute Gasteiger partial charge is 0.256 e. The Hall–Kier alpha value is -1.86. The van der Waals surface area contributed by atoms with Crippen LogP contribution >= 0.6 is 0 Å². The molecule has 114 valence electrons. The van der Waals surface area contributed by atoms with E-state index in [9.17, 15) is 9.18 Å². The number of aliphatic hydroxyl groups is 1. The summed E-state index contributed by atoms with van der Waals surface area (Å²) in [6, 6.07) is 4.39. The van der Waals surface area contributed by atoms with Crippen LogP contribution in [0.1, 0.15) is 49.0 Å². The van der Waals surface area contributed by atoms with Crippen LogP contribution in [0.15, 0.2) is 18.2 Å². The van der Waals surface area contributed by atoms with Crippen LogP contribution in [0.4, 0.5) is 4.39 Å². The Balaban J connectivity index is 2.93. The molecule has 0 aliphatic carbocycles. The van der Waals surface area contributed by atoms with Crippen LogP contribution in [0.25, 0.3) is 0 Å². The van der Waals surface area contributed by atoms with E-state index in [2.05, 4.69) is 11.8 Å². The Kier molecular flexibility index (Phi) is 7.49. The molecule has 0 atom stereocenters. The van der Waals surface area contributed by atoms with Gasteiger partial charge in [-0.05, 0) is 31.0 Å². The highest BCUT2D eigenvalue weighted by atomic mass is 19.1. The lowest BCUT2D eigenvalue weighted by Crippen LogP contribution is -2.33. The Morgan fingerprint density at radius 1 is 1.29 bits per heavy atom. The van der Waals surface area contributed by atoms with E-state index in [0.717, 1.165) is 12.8 Å². The van der Waals surface area contributed by atoms with E-state index >= 15 is 0 Å². The van der Waals surface area contributed by atoms with Gasteiger partial charge in [-0.2, -0.15) is 0 Å². The summed E-state index contributed by atoms with van der Waals surface area (Å²) in [5.41, 5.74) is 0.597. The Bertz CT molecular complexity index is 525. The average molecular weight is 291 g/mol. The Morgan fingerprint density at radius 3 is 2.48 bits per heavy atom. The maximum Gasteiger partial charge on any atom is 0.256 e. The summed E-state index contributed by atoms with van der Waals surface area (Å²) in [5, 5.41) is 8.65. The average Bonchev–Trinajstić information content (AvgIpc) is 2.47. The summed E-state index contributed by atoms with van der Waals surface area (Å²) < 4.78 is 14.1. The standard InChI is InChI=1S/C17H22FNO2/c1-3-10-19(11-4-2)17(21)15-9-8-14(13-16(15)18)7-5-6-12-20/h8-9,13,20H,3-4,6,10-12H2,1-2H3. The van der Waals surface area contributed by atoms with Crippen molar-refractivity contribution in [3.8, 4) is 11.8 Å². The quantitative estimate of drug-likeness (QED) is 0.819. The highest BCUT2D eigenvalue weighted by Crippen LogP contribution is 2.13. The fourth-order valence-corrected chi connectivity index (χ4v) is 2.01. The van der Waals surface area contributed by atoms with Gasteiger partial charge in [-0.3, -0.25) is 4.79 Å². The minimum atomic E-state index is -0.548. The fourth-order valence-electron chi connectivity index (χ4n) is 2.01. The maximum absolute atomic E-state index is 14.1. The number of rotatable bonds is 6. The third-order valence-electron chi connectivity index (χ3n) is 2.94. The largest absolute Gasteiger partial charge is 0.395 e. The van der Waals surface area contributed by atoms with Crippen LogP contribution < -0.4 is 0 Å². The van der Waals surface area contributed by atoms with Crippen molar-refractivity contribution < 1.29 is 14.3 Å². The zero-order chi connectivity index (χ0) is 15.7. The Morgan fingerprint density at radius 2 is 1.95 bits per heavy atom. The highest BCUT2D eigenvalue weighted by Gasteiger charge is 2.18. The molecule has 0 saturated carbocycles. The number of benzene rings is 1. The first-order chi connectivity index (χ1) is 10.1. The first kappa shape index (κ1) is 17.2. The lowest BCUT2D eigenvalue weighted by molar-refractivity contribution is 0.0751. The van der Waals surface area contributed by atoms with E-state index in [-0.39, 0.29) is 18.1 Å². The van der Waals surface area contributed by atoms with Gasteiger partial charge in [0.1, 0.15) is 5.82 Å². The first-order valence-electron chi connectivity index (χ1n) is 7.32. The molecule has 1 N–H and O–H groups in total. The van der Waals surface area contributed by atoms with Gasteiger partial charge in [0.05, 0.1) is 12.2 Å². The second kappa shape index (κ2) is 9.15. The molecule has 0 aliphatic heterocycles. The predicted molar refractivity (Wildman–Crippen MR) is 81.5 cm³/mol. The zero-order valence-electron chi connectivity index (χ0n) is 12.7. The number of hydrogen-bond acceptors (Lipinski definition) is 2. The molecule has 0 saturated heterocycles. The second-order valence-electron chi connectivity index (χ2n) is 4.76.